The van der Waals surface area contributed by atoms with Gasteiger partial charge < -0.3 is 19.8 Å². The number of aromatic nitrogens is 3. The van der Waals surface area contributed by atoms with Crippen molar-refractivity contribution in [1.82, 2.24) is 20.1 Å². The summed E-state index contributed by atoms with van der Waals surface area (Å²) in [5, 5.41) is 11.1. The van der Waals surface area contributed by atoms with E-state index < -0.39 is 17.8 Å². The smallest absolute Gasteiger partial charge is 0.254 e. The SMILES string of the molecule is COc1ccc(C(=O)N2C[C@@H](F)C[C@@H]2c2nc(C)cs2)cc1-c1nnc([C@](C)(N)Cc2ccccc2)o1. The van der Waals surface area contributed by atoms with Gasteiger partial charge in [-0.2, -0.15) is 0 Å². The second-order valence-corrected chi connectivity index (χ2v) is 10.4. The minimum Gasteiger partial charge on any atom is -0.496 e. The molecule has 37 heavy (non-hydrogen) atoms. The number of thiazole rings is 1. The zero-order chi connectivity index (χ0) is 26.2. The van der Waals surface area contributed by atoms with Crippen LogP contribution in [0.4, 0.5) is 4.39 Å². The summed E-state index contributed by atoms with van der Waals surface area (Å²) < 4.78 is 26.0. The van der Waals surface area contributed by atoms with Crippen molar-refractivity contribution < 1.29 is 18.3 Å². The molecule has 0 saturated carbocycles. The first-order chi connectivity index (χ1) is 17.7. The highest BCUT2D eigenvalue weighted by atomic mass is 32.1. The van der Waals surface area contributed by atoms with Crippen LogP contribution in [0, 0.1) is 6.92 Å². The van der Waals surface area contributed by atoms with Crippen LogP contribution >= 0.6 is 11.3 Å². The number of benzene rings is 2. The predicted octanol–water partition coefficient (Wildman–Crippen LogP) is 4.85. The number of likely N-dealkylation sites (tertiary alicyclic amines) is 1. The van der Waals surface area contributed by atoms with Gasteiger partial charge in [0.2, 0.25) is 5.89 Å². The molecule has 0 aliphatic carbocycles. The van der Waals surface area contributed by atoms with Crippen molar-refractivity contribution in [2.75, 3.05) is 13.7 Å². The Labute approximate surface area is 218 Å². The molecule has 2 N–H and O–H groups in total. The molecule has 1 amide bonds. The lowest BCUT2D eigenvalue weighted by molar-refractivity contribution is 0.0728. The molecule has 2 aromatic heterocycles. The zero-order valence-electron chi connectivity index (χ0n) is 20.8. The highest BCUT2D eigenvalue weighted by Crippen LogP contribution is 2.38. The van der Waals surface area contributed by atoms with E-state index in [1.807, 2.05) is 49.6 Å². The van der Waals surface area contributed by atoms with E-state index in [9.17, 15) is 9.18 Å². The van der Waals surface area contributed by atoms with E-state index in [1.165, 1.54) is 18.4 Å². The zero-order valence-corrected chi connectivity index (χ0v) is 21.7. The number of carbonyl (C=O) groups excluding carboxylic acids is 1. The van der Waals surface area contributed by atoms with Gasteiger partial charge in [-0.3, -0.25) is 4.79 Å². The van der Waals surface area contributed by atoms with Crippen LogP contribution in [0.2, 0.25) is 0 Å². The summed E-state index contributed by atoms with van der Waals surface area (Å²) in [4.78, 5) is 19.6. The van der Waals surface area contributed by atoms with Crippen molar-refractivity contribution in [3.05, 3.63) is 81.6 Å². The minimum absolute atomic E-state index is 0.0131. The average molecular weight is 522 g/mol. The maximum atomic E-state index is 14.4. The van der Waals surface area contributed by atoms with E-state index in [2.05, 4.69) is 15.2 Å². The van der Waals surface area contributed by atoms with E-state index in [1.54, 1.807) is 23.1 Å². The maximum absolute atomic E-state index is 14.4. The number of nitrogens with two attached hydrogens (primary N) is 1. The van der Waals surface area contributed by atoms with Crippen molar-refractivity contribution in [3.63, 3.8) is 0 Å². The monoisotopic (exact) mass is 521 g/mol. The Bertz CT molecular complexity index is 1400. The second-order valence-electron chi connectivity index (χ2n) is 9.54. The molecule has 10 heteroatoms. The maximum Gasteiger partial charge on any atom is 0.254 e. The van der Waals surface area contributed by atoms with E-state index in [-0.39, 0.29) is 30.7 Å². The molecule has 0 bridgehead atoms. The van der Waals surface area contributed by atoms with Gasteiger partial charge in [0.05, 0.1) is 30.8 Å². The van der Waals surface area contributed by atoms with Crippen molar-refractivity contribution >= 4 is 17.2 Å². The number of ether oxygens (including phenoxy) is 1. The number of alkyl halides is 1. The van der Waals surface area contributed by atoms with Crippen LogP contribution in [0.3, 0.4) is 0 Å². The standard InChI is InChI=1S/C27H28FN5O3S/c1-16-15-37-24(30-16)21-12-19(28)14-33(21)25(34)18-9-10-22(35-3)20(11-18)23-31-32-26(36-23)27(2,29)13-17-7-5-4-6-8-17/h4-11,15,19,21H,12-14,29H2,1-3H3/t19-,21+,27+/m0/s1. The van der Waals surface area contributed by atoms with Gasteiger partial charge in [0.25, 0.3) is 11.8 Å². The van der Waals surface area contributed by atoms with Crippen molar-refractivity contribution in [3.8, 4) is 17.2 Å². The summed E-state index contributed by atoms with van der Waals surface area (Å²) in [7, 11) is 1.52. The van der Waals surface area contributed by atoms with Gasteiger partial charge in [-0.15, -0.1) is 21.5 Å². The fraction of sp³-hybridized carbons (Fsp3) is 0.333. The van der Waals surface area contributed by atoms with Gasteiger partial charge in [-0.05, 0) is 44.0 Å². The first-order valence-electron chi connectivity index (χ1n) is 12.0. The molecule has 1 saturated heterocycles. The van der Waals surface area contributed by atoms with Crippen molar-refractivity contribution in [2.24, 2.45) is 5.73 Å². The van der Waals surface area contributed by atoms with Gasteiger partial charge in [0, 0.05) is 23.1 Å². The molecule has 1 aliphatic rings. The number of rotatable bonds is 7. The molecular weight excluding hydrogens is 493 g/mol. The van der Waals surface area contributed by atoms with E-state index in [0.29, 0.717) is 23.3 Å². The molecule has 0 spiro atoms. The molecule has 5 rings (SSSR count). The van der Waals surface area contributed by atoms with Crippen LogP contribution in [0.1, 0.15) is 51.9 Å². The number of amides is 1. The molecule has 1 fully saturated rings. The van der Waals surface area contributed by atoms with Gasteiger partial charge in [-0.1, -0.05) is 30.3 Å². The van der Waals surface area contributed by atoms with Crippen molar-refractivity contribution in [1.29, 1.82) is 0 Å². The highest BCUT2D eigenvalue weighted by molar-refractivity contribution is 7.09. The molecule has 8 nitrogen and oxygen atoms in total. The molecular formula is C27H28FN5O3S. The molecule has 3 atom stereocenters. The fourth-order valence-corrected chi connectivity index (χ4v) is 5.52. The number of aryl methyl sites for hydroxylation is 1. The molecule has 0 radical (unpaired) electrons. The quantitative estimate of drug-likeness (QED) is 0.370. The third-order valence-corrected chi connectivity index (χ3v) is 7.50. The van der Waals surface area contributed by atoms with Gasteiger partial charge in [0.15, 0.2) is 0 Å². The summed E-state index contributed by atoms with van der Waals surface area (Å²) >= 11 is 1.44. The normalized spacial score (nSPS) is 19.1. The van der Waals surface area contributed by atoms with Crippen molar-refractivity contribution in [2.45, 2.75) is 44.4 Å². The summed E-state index contributed by atoms with van der Waals surface area (Å²) in [6.45, 7) is 3.73. The van der Waals surface area contributed by atoms with Gasteiger partial charge in [0.1, 0.15) is 16.9 Å². The number of nitrogens with zero attached hydrogens (tertiary/aromatic N) is 4. The summed E-state index contributed by atoms with van der Waals surface area (Å²) in [6, 6.07) is 14.4. The Morgan fingerprint density at radius 1 is 1.27 bits per heavy atom. The lowest BCUT2D eigenvalue weighted by Crippen LogP contribution is -2.35. The number of carbonyl (C=O) groups is 1. The van der Waals surface area contributed by atoms with Crippen LogP contribution in [-0.2, 0) is 12.0 Å². The first kappa shape index (κ1) is 25.0. The van der Waals surface area contributed by atoms with E-state index in [4.69, 9.17) is 14.9 Å². The van der Waals surface area contributed by atoms with Gasteiger partial charge >= 0.3 is 0 Å². The number of hydrogen-bond acceptors (Lipinski definition) is 8. The summed E-state index contributed by atoms with van der Waals surface area (Å²) in [5.74, 6) is 0.618. The van der Waals surface area contributed by atoms with Crippen LogP contribution in [0.25, 0.3) is 11.5 Å². The molecule has 192 valence electrons. The largest absolute Gasteiger partial charge is 0.496 e. The van der Waals surface area contributed by atoms with Crippen LogP contribution < -0.4 is 10.5 Å². The third-order valence-electron chi connectivity index (χ3n) is 6.44. The van der Waals surface area contributed by atoms with E-state index in [0.717, 1.165) is 16.3 Å². The number of halogens is 1. The lowest BCUT2D eigenvalue weighted by Gasteiger charge is -2.23. The minimum atomic E-state index is -1.11. The highest BCUT2D eigenvalue weighted by Gasteiger charge is 2.38. The molecule has 3 heterocycles. The molecule has 0 unspecified atom stereocenters. The molecule has 1 aliphatic heterocycles. The number of hydrogen-bond donors (Lipinski definition) is 1. The average Bonchev–Trinajstić information content (AvgIpc) is 3.63. The first-order valence-corrected chi connectivity index (χ1v) is 12.9. The summed E-state index contributed by atoms with van der Waals surface area (Å²) in [5.41, 5.74) is 8.36. The van der Waals surface area contributed by atoms with Gasteiger partial charge in [-0.25, -0.2) is 9.37 Å². The van der Waals surface area contributed by atoms with Crippen LogP contribution in [0.15, 0.2) is 58.3 Å². The Morgan fingerprint density at radius 2 is 2.05 bits per heavy atom. The Balaban J connectivity index is 1.44. The number of methoxy groups -OCH3 is 1. The summed E-state index contributed by atoms with van der Waals surface area (Å²) in [6.07, 6.45) is -0.380. The molecule has 4 aromatic rings. The van der Waals surface area contributed by atoms with Crippen LogP contribution in [-0.4, -0.2) is 45.8 Å². The fourth-order valence-electron chi connectivity index (χ4n) is 4.60. The third kappa shape index (κ3) is 5.12. The Hall–Kier alpha value is -3.63. The molecule has 2 aromatic carbocycles. The van der Waals surface area contributed by atoms with E-state index >= 15 is 0 Å². The predicted molar refractivity (Wildman–Crippen MR) is 138 cm³/mol. The second kappa shape index (κ2) is 10.0. The van der Waals surface area contributed by atoms with Crippen LogP contribution in [0.5, 0.6) is 5.75 Å². The lowest BCUT2D eigenvalue weighted by atomic mass is 9.94. The topological polar surface area (TPSA) is 107 Å². The Morgan fingerprint density at radius 3 is 2.76 bits per heavy atom. The Kier molecular flexibility index (Phi) is 6.78.